The third-order valence-corrected chi connectivity index (χ3v) is 1.86. The topological polar surface area (TPSA) is 66.1 Å². The Morgan fingerprint density at radius 3 is 3.00 bits per heavy atom. The van der Waals surface area contributed by atoms with Crippen molar-refractivity contribution in [2.75, 3.05) is 13.2 Å². The van der Waals surface area contributed by atoms with E-state index in [2.05, 4.69) is 4.98 Å². The van der Waals surface area contributed by atoms with Gasteiger partial charge in [0.25, 0.3) is 0 Å². The maximum absolute atomic E-state index is 8.68. The SMILES string of the molecule is Cc1nc(OCCO)c(Cl)cc1C#N. The van der Waals surface area contributed by atoms with Gasteiger partial charge in [0.05, 0.1) is 17.9 Å². The number of pyridine rings is 1. The van der Waals surface area contributed by atoms with Crippen LogP contribution >= 0.6 is 11.6 Å². The first-order valence-corrected chi connectivity index (χ1v) is 4.37. The average Bonchev–Trinajstić information content (AvgIpc) is 2.18. The first-order chi connectivity index (χ1) is 6.69. The van der Waals surface area contributed by atoms with Crippen molar-refractivity contribution >= 4 is 11.6 Å². The molecule has 0 aliphatic rings. The molecule has 0 saturated carbocycles. The van der Waals surface area contributed by atoms with E-state index in [0.29, 0.717) is 11.3 Å². The second-order valence-corrected chi connectivity index (χ2v) is 3.00. The third-order valence-electron chi connectivity index (χ3n) is 1.58. The maximum Gasteiger partial charge on any atom is 0.232 e. The van der Waals surface area contributed by atoms with Crippen LogP contribution in [0.15, 0.2) is 6.07 Å². The molecule has 0 fully saturated rings. The molecule has 0 saturated heterocycles. The lowest BCUT2D eigenvalue weighted by atomic mass is 10.2. The molecule has 0 aliphatic heterocycles. The van der Waals surface area contributed by atoms with E-state index in [4.69, 9.17) is 26.7 Å². The lowest BCUT2D eigenvalue weighted by molar-refractivity contribution is 0.196. The molecule has 1 heterocycles. The zero-order chi connectivity index (χ0) is 10.6. The molecule has 0 radical (unpaired) electrons. The van der Waals surface area contributed by atoms with Gasteiger partial charge in [0.15, 0.2) is 0 Å². The van der Waals surface area contributed by atoms with Gasteiger partial charge < -0.3 is 9.84 Å². The standard InChI is InChI=1S/C9H9ClN2O2/c1-6-7(5-11)4-8(10)9(12-6)14-3-2-13/h4,13H,2-3H2,1H3. The van der Waals surface area contributed by atoms with Gasteiger partial charge >= 0.3 is 0 Å². The van der Waals surface area contributed by atoms with Crippen molar-refractivity contribution in [2.24, 2.45) is 0 Å². The highest BCUT2D eigenvalue weighted by molar-refractivity contribution is 6.31. The van der Waals surface area contributed by atoms with E-state index in [-0.39, 0.29) is 24.1 Å². The second kappa shape index (κ2) is 4.80. The Morgan fingerprint density at radius 1 is 1.71 bits per heavy atom. The van der Waals surface area contributed by atoms with Gasteiger partial charge in [0.1, 0.15) is 17.7 Å². The summed E-state index contributed by atoms with van der Waals surface area (Å²) in [6.07, 6.45) is 0. The summed E-state index contributed by atoms with van der Waals surface area (Å²) in [6, 6.07) is 3.46. The minimum Gasteiger partial charge on any atom is -0.474 e. The van der Waals surface area contributed by atoms with Crippen LogP contribution in [0.1, 0.15) is 11.3 Å². The van der Waals surface area contributed by atoms with E-state index in [9.17, 15) is 0 Å². The van der Waals surface area contributed by atoms with Crippen LogP contribution in [0.25, 0.3) is 0 Å². The Kier molecular flexibility index (Phi) is 3.69. The highest BCUT2D eigenvalue weighted by atomic mass is 35.5. The van der Waals surface area contributed by atoms with Crippen LogP contribution in [0.5, 0.6) is 5.88 Å². The van der Waals surface area contributed by atoms with Crippen LogP contribution in [0, 0.1) is 18.3 Å². The Bertz CT molecular complexity index is 374. The van der Waals surface area contributed by atoms with Crippen LogP contribution < -0.4 is 4.74 Å². The van der Waals surface area contributed by atoms with Crippen molar-refractivity contribution < 1.29 is 9.84 Å². The molecule has 0 spiro atoms. The van der Waals surface area contributed by atoms with Crippen molar-refractivity contribution in [1.82, 2.24) is 4.98 Å². The molecule has 0 unspecified atom stereocenters. The third kappa shape index (κ3) is 2.34. The summed E-state index contributed by atoms with van der Waals surface area (Å²) in [5.41, 5.74) is 0.983. The molecule has 0 aromatic carbocycles. The molecular formula is C9H9ClN2O2. The number of nitriles is 1. The molecule has 1 N–H and O–H groups in total. The van der Waals surface area contributed by atoms with Crippen molar-refractivity contribution in [1.29, 1.82) is 5.26 Å². The van der Waals surface area contributed by atoms with Crippen LogP contribution in [0.3, 0.4) is 0 Å². The molecule has 4 nitrogen and oxygen atoms in total. The van der Waals surface area contributed by atoms with Crippen molar-refractivity contribution in [2.45, 2.75) is 6.92 Å². The fourth-order valence-electron chi connectivity index (χ4n) is 0.916. The van der Waals surface area contributed by atoms with E-state index < -0.39 is 0 Å². The minimum absolute atomic E-state index is 0.100. The van der Waals surface area contributed by atoms with E-state index in [1.54, 1.807) is 6.92 Å². The summed E-state index contributed by atoms with van der Waals surface area (Å²) in [7, 11) is 0. The maximum atomic E-state index is 8.68. The summed E-state index contributed by atoms with van der Waals surface area (Å²) < 4.78 is 5.06. The molecule has 1 aromatic heterocycles. The summed E-state index contributed by atoms with van der Waals surface area (Å²) in [5.74, 6) is 0.247. The van der Waals surface area contributed by atoms with Crippen LogP contribution in [0.4, 0.5) is 0 Å². The number of hydrogen-bond donors (Lipinski definition) is 1. The lowest BCUT2D eigenvalue weighted by Gasteiger charge is -2.06. The molecule has 14 heavy (non-hydrogen) atoms. The number of nitrogens with zero attached hydrogens (tertiary/aromatic N) is 2. The highest BCUT2D eigenvalue weighted by Crippen LogP contribution is 2.24. The smallest absolute Gasteiger partial charge is 0.232 e. The molecule has 5 heteroatoms. The molecule has 1 aromatic rings. The van der Waals surface area contributed by atoms with Crippen LogP contribution in [0.2, 0.25) is 5.02 Å². The highest BCUT2D eigenvalue weighted by Gasteiger charge is 2.07. The predicted molar refractivity (Wildman–Crippen MR) is 51.3 cm³/mol. The molecular weight excluding hydrogens is 204 g/mol. The Labute approximate surface area is 86.7 Å². The van der Waals surface area contributed by atoms with Gasteiger partial charge in [-0.25, -0.2) is 4.98 Å². The fraction of sp³-hybridized carbons (Fsp3) is 0.333. The first kappa shape index (κ1) is 10.8. The summed E-state index contributed by atoms with van der Waals surface area (Å²) in [6.45, 7) is 1.73. The summed E-state index contributed by atoms with van der Waals surface area (Å²) >= 11 is 5.80. The molecule has 0 atom stereocenters. The zero-order valence-electron chi connectivity index (χ0n) is 7.62. The van der Waals surface area contributed by atoms with Gasteiger partial charge in [-0.2, -0.15) is 5.26 Å². The van der Waals surface area contributed by atoms with Crippen LogP contribution in [-0.4, -0.2) is 23.3 Å². The molecule has 74 valence electrons. The first-order valence-electron chi connectivity index (χ1n) is 4.00. The molecule has 1 rings (SSSR count). The van der Waals surface area contributed by atoms with Gasteiger partial charge in [-0.3, -0.25) is 0 Å². The number of aryl methyl sites for hydroxylation is 1. The fourth-order valence-corrected chi connectivity index (χ4v) is 1.12. The number of hydrogen-bond acceptors (Lipinski definition) is 4. The van der Waals surface area contributed by atoms with E-state index in [1.807, 2.05) is 6.07 Å². The van der Waals surface area contributed by atoms with Crippen LogP contribution in [-0.2, 0) is 0 Å². The second-order valence-electron chi connectivity index (χ2n) is 2.59. The molecule has 0 bridgehead atoms. The minimum atomic E-state index is -0.100. The largest absolute Gasteiger partial charge is 0.474 e. The summed E-state index contributed by atoms with van der Waals surface area (Å²) in [5, 5.41) is 17.5. The number of halogens is 1. The van der Waals surface area contributed by atoms with E-state index in [1.165, 1.54) is 6.07 Å². The van der Waals surface area contributed by atoms with Gasteiger partial charge in [-0.05, 0) is 13.0 Å². The van der Waals surface area contributed by atoms with Gasteiger partial charge in [-0.15, -0.1) is 0 Å². The molecule has 0 amide bonds. The normalized spacial score (nSPS) is 9.57. The number of rotatable bonds is 3. The monoisotopic (exact) mass is 212 g/mol. The average molecular weight is 213 g/mol. The van der Waals surface area contributed by atoms with Gasteiger partial charge in [0, 0.05) is 0 Å². The zero-order valence-corrected chi connectivity index (χ0v) is 8.38. The number of aliphatic hydroxyl groups is 1. The van der Waals surface area contributed by atoms with Crippen molar-refractivity contribution in [3.63, 3.8) is 0 Å². The molecule has 0 aliphatic carbocycles. The van der Waals surface area contributed by atoms with Crippen molar-refractivity contribution in [3.05, 3.63) is 22.3 Å². The van der Waals surface area contributed by atoms with Gasteiger partial charge in [0.2, 0.25) is 5.88 Å². The number of aromatic nitrogens is 1. The number of aliphatic hydroxyl groups excluding tert-OH is 1. The van der Waals surface area contributed by atoms with Crippen molar-refractivity contribution in [3.8, 4) is 11.9 Å². The van der Waals surface area contributed by atoms with Gasteiger partial charge in [-0.1, -0.05) is 11.6 Å². The summed E-state index contributed by atoms with van der Waals surface area (Å²) in [4.78, 5) is 3.99. The Balaban J connectivity index is 2.98. The predicted octanol–water partition coefficient (Wildman–Crippen LogP) is 1.29. The number of ether oxygens (including phenoxy) is 1. The van der Waals surface area contributed by atoms with E-state index in [0.717, 1.165) is 0 Å². The Morgan fingerprint density at radius 2 is 2.43 bits per heavy atom. The van der Waals surface area contributed by atoms with E-state index >= 15 is 0 Å². The quantitative estimate of drug-likeness (QED) is 0.820. The lowest BCUT2D eigenvalue weighted by Crippen LogP contribution is -2.04. The Hall–Kier alpha value is -1.31.